The molecule has 0 spiro atoms. The molecule has 0 bridgehead atoms. The normalized spacial score (nSPS) is 12.0. The number of anilines is 2. The highest BCUT2D eigenvalue weighted by molar-refractivity contribution is 6.99. The Kier molecular flexibility index (Phi) is 25.6. The maximum absolute atomic E-state index is 12.3. The van der Waals surface area contributed by atoms with Crippen LogP contribution in [0.1, 0.15) is 149 Å². The van der Waals surface area contributed by atoms with Gasteiger partial charge in [0.2, 0.25) is 0 Å². The summed E-state index contributed by atoms with van der Waals surface area (Å²) < 4.78 is 14.3. The van der Waals surface area contributed by atoms with Gasteiger partial charge in [0.1, 0.15) is 12.4 Å². The van der Waals surface area contributed by atoms with Crippen LogP contribution in [0.15, 0.2) is 0 Å². The lowest BCUT2D eigenvalue weighted by molar-refractivity contribution is -0.149. The van der Waals surface area contributed by atoms with Crippen molar-refractivity contribution >= 4 is 35.6 Å². The summed E-state index contributed by atoms with van der Waals surface area (Å²) in [6.45, 7) is 8.60. The van der Waals surface area contributed by atoms with Crippen molar-refractivity contribution in [2.24, 2.45) is 0 Å². The molecule has 1 unspecified atom stereocenters. The molecule has 0 aromatic carbocycles. The number of nitrogens with zero attached hydrogens (tertiary/aromatic N) is 3. The van der Waals surface area contributed by atoms with Crippen molar-refractivity contribution in [3.63, 3.8) is 0 Å². The largest absolute Gasteiger partial charge is 0.462 e. The molecule has 1 atom stereocenters. The van der Waals surface area contributed by atoms with Crippen LogP contribution in [0.2, 0.25) is 0 Å². The van der Waals surface area contributed by atoms with Crippen LogP contribution in [-0.2, 0) is 14.3 Å². The standard InChI is InChI=1S/C33H63N5O3S/c1-4-6-7-8-12-17-23-30(5-2)41-31(40)24-18-13-11-15-20-27-38(26-19-14-9-10-16-21-29-39)28-22-25-35-33-32(34-3)36-42-37-33/h29-30H,4-28H2,1-3H3,(H,34,36)(H,35,37). The highest BCUT2D eigenvalue weighted by Gasteiger charge is 2.12. The predicted octanol–water partition coefficient (Wildman–Crippen LogP) is 8.64. The van der Waals surface area contributed by atoms with Gasteiger partial charge in [-0.3, -0.25) is 4.79 Å². The van der Waals surface area contributed by atoms with Crippen LogP contribution >= 0.6 is 11.7 Å². The number of hydrogen-bond acceptors (Lipinski definition) is 9. The van der Waals surface area contributed by atoms with E-state index in [1.807, 2.05) is 7.05 Å². The van der Waals surface area contributed by atoms with Crippen LogP contribution in [0.25, 0.3) is 0 Å². The van der Waals surface area contributed by atoms with Gasteiger partial charge < -0.3 is 25.1 Å². The Morgan fingerprint density at radius 1 is 0.810 bits per heavy atom. The lowest BCUT2D eigenvalue weighted by Crippen LogP contribution is -2.28. The highest BCUT2D eigenvalue weighted by atomic mass is 32.1. The zero-order valence-corrected chi connectivity index (χ0v) is 28.1. The monoisotopic (exact) mass is 609 g/mol. The third-order valence-corrected chi connectivity index (χ3v) is 8.48. The zero-order chi connectivity index (χ0) is 30.5. The molecule has 0 fully saturated rings. The van der Waals surface area contributed by atoms with Gasteiger partial charge in [-0.1, -0.05) is 84.5 Å². The maximum Gasteiger partial charge on any atom is 0.306 e. The molecule has 244 valence electrons. The fourth-order valence-electron chi connectivity index (χ4n) is 5.29. The maximum atomic E-state index is 12.3. The predicted molar refractivity (Wildman–Crippen MR) is 179 cm³/mol. The van der Waals surface area contributed by atoms with Gasteiger partial charge in [-0.25, -0.2) is 0 Å². The summed E-state index contributed by atoms with van der Waals surface area (Å²) in [7, 11) is 1.87. The van der Waals surface area contributed by atoms with Gasteiger partial charge in [0.05, 0.1) is 11.7 Å². The summed E-state index contributed by atoms with van der Waals surface area (Å²) in [4.78, 5) is 25.5. The first-order valence-corrected chi connectivity index (χ1v) is 18.0. The van der Waals surface area contributed by atoms with Crippen LogP contribution in [0.4, 0.5) is 11.6 Å². The van der Waals surface area contributed by atoms with Crippen LogP contribution < -0.4 is 10.6 Å². The Morgan fingerprint density at radius 2 is 1.40 bits per heavy atom. The van der Waals surface area contributed by atoms with Gasteiger partial charge in [-0.2, -0.15) is 8.75 Å². The van der Waals surface area contributed by atoms with E-state index in [4.69, 9.17) is 4.74 Å². The van der Waals surface area contributed by atoms with Crippen LogP contribution in [0.5, 0.6) is 0 Å². The number of esters is 1. The molecular formula is C33H63N5O3S. The minimum Gasteiger partial charge on any atom is -0.462 e. The first-order valence-electron chi connectivity index (χ1n) is 17.2. The third kappa shape index (κ3) is 21.0. The number of carbonyl (C=O) groups is 2. The van der Waals surface area contributed by atoms with Crippen molar-refractivity contribution in [1.82, 2.24) is 13.6 Å². The average molecular weight is 610 g/mol. The second kappa shape index (κ2) is 28.1. The van der Waals surface area contributed by atoms with Crippen LogP contribution in [-0.4, -0.2) is 65.2 Å². The van der Waals surface area contributed by atoms with Crippen molar-refractivity contribution < 1.29 is 14.3 Å². The lowest BCUT2D eigenvalue weighted by Gasteiger charge is -2.22. The molecule has 0 saturated carbocycles. The molecule has 9 heteroatoms. The van der Waals surface area contributed by atoms with Gasteiger partial charge in [0.25, 0.3) is 0 Å². The van der Waals surface area contributed by atoms with Crippen molar-refractivity contribution in [3.05, 3.63) is 0 Å². The molecule has 1 aromatic heterocycles. The SMILES string of the molecule is CCCCCCCCC(CC)OC(=O)CCCCCCCN(CCCCCCCC=O)CCCNc1nsnc1NC. The summed E-state index contributed by atoms with van der Waals surface area (Å²) in [5, 5.41) is 6.49. The van der Waals surface area contributed by atoms with Crippen molar-refractivity contribution in [2.45, 2.75) is 155 Å². The van der Waals surface area contributed by atoms with Crippen molar-refractivity contribution in [2.75, 3.05) is 43.9 Å². The van der Waals surface area contributed by atoms with E-state index in [1.54, 1.807) is 0 Å². The first kappa shape index (κ1) is 38.3. The summed E-state index contributed by atoms with van der Waals surface area (Å²) in [6, 6.07) is 0. The summed E-state index contributed by atoms with van der Waals surface area (Å²) in [6.07, 6.45) is 24.5. The number of aldehydes is 1. The van der Waals surface area contributed by atoms with E-state index in [0.29, 0.717) is 12.8 Å². The van der Waals surface area contributed by atoms with E-state index >= 15 is 0 Å². The third-order valence-electron chi connectivity index (χ3n) is 7.95. The molecule has 0 amide bonds. The fraction of sp³-hybridized carbons (Fsp3) is 0.879. The molecule has 0 aliphatic carbocycles. The molecule has 1 heterocycles. The van der Waals surface area contributed by atoms with Crippen LogP contribution in [0.3, 0.4) is 0 Å². The summed E-state index contributed by atoms with van der Waals surface area (Å²) in [5.41, 5.74) is 0. The van der Waals surface area contributed by atoms with E-state index in [1.165, 1.54) is 88.8 Å². The lowest BCUT2D eigenvalue weighted by atomic mass is 10.1. The van der Waals surface area contributed by atoms with Gasteiger partial charge in [-0.05, 0) is 71.0 Å². The quantitative estimate of drug-likeness (QED) is 0.0490. The Labute approximate surface area is 261 Å². The van der Waals surface area contributed by atoms with E-state index in [9.17, 15) is 9.59 Å². The molecule has 42 heavy (non-hydrogen) atoms. The second-order valence-electron chi connectivity index (χ2n) is 11.7. The van der Waals surface area contributed by atoms with E-state index < -0.39 is 0 Å². The molecule has 2 N–H and O–H groups in total. The van der Waals surface area contributed by atoms with E-state index in [0.717, 1.165) is 89.0 Å². The Morgan fingerprint density at radius 3 is 2.07 bits per heavy atom. The van der Waals surface area contributed by atoms with Gasteiger partial charge in [0.15, 0.2) is 11.6 Å². The minimum absolute atomic E-state index is 0.00551. The number of ether oxygens (including phenoxy) is 1. The number of carbonyl (C=O) groups excluding carboxylic acids is 2. The number of aromatic nitrogens is 2. The number of rotatable bonds is 31. The van der Waals surface area contributed by atoms with Gasteiger partial charge in [0, 0.05) is 26.4 Å². The molecule has 1 rings (SSSR count). The Bertz CT molecular complexity index is 764. The summed E-state index contributed by atoms with van der Waals surface area (Å²) in [5.74, 6) is 1.66. The summed E-state index contributed by atoms with van der Waals surface area (Å²) >= 11 is 1.22. The Balaban J connectivity index is 2.21. The molecule has 1 aromatic rings. The zero-order valence-electron chi connectivity index (χ0n) is 27.3. The first-order chi connectivity index (χ1) is 20.6. The molecule has 0 aliphatic rings. The number of hydrogen-bond donors (Lipinski definition) is 2. The van der Waals surface area contributed by atoms with Crippen molar-refractivity contribution in [1.29, 1.82) is 0 Å². The average Bonchev–Trinajstić information content (AvgIpc) is 3.46. The molecule has 0 aliphatic heterocycles. The number of unbranched alkanes of at least 4 members (excludes halogenated alkanes) is 14. The topological polar surface area (TPSA) is 96.5 Å². The van der Waals surface area contributed by atoms with E-state index in [2.05, 4.69) is 38.1 Å². The molecule has 0 saturated heterocycles. The fourth-order valence-corrected chi connectivity index (χ4v) is 5.82. The molecular weight excluding hydrogens is 546 g/mol. The van der Waals surface area contributed by atoms with Crippen molar-refractivity contribution in [3.8, 4) is 0 Å². The van der Waals surface area contributed by atoms with Gasteiger partial charge in [-0.15, -0.1) is 0 Å². The molecule has 8 nitrogen and oxygen atoms in total. The van der Waals surface area contributed by atoms with Crippen LogP contribution in [0, 0.1) is 0 Å². The number of nitrogens with one attached hydrogen (secondary N) is 2. The smallest absolute Gasteiger partial charge is 0.306 e. The highest BCUT2D eigenvalue weighted by Crippen LogP contribution is 2.17. The second-order valence-corrected chi connectivity index (χ2v) is 12.2. The molecule has 0 radical (unpaired) electrons. The minimum atomic E-state index is -0.00551. The van der Waals surface area contributed by atoms with E-state index in [-0.39, 0.29) is 12.1 Å². The van der Waals surface area contributed by atoms with Gasteiger partial charge >= 0.3 is 5.97 Å². The Hall–Kier alpha value is -1.74.